The molecule has 0 saturated carbocycles. The molecule has 30 heavy (non-hydrogen) atoms. The van der Waals surface area contributed by atoms with Crippen molar-refractivity contribution in [3.05, 3.63) is 64.6 Å². The van der Waals surface area contributed by atoms with Crippen LogP contribution in [0.15, 0.2) is 53.3 Å². The summed E-state index contributed by atoms with van der Waals surface area (Å²) in [4.78, 5) is 27.7. The first-order valence-corrected chi connectivity index (χ1v) is 10.1. The highest BCUT2D eigenvalue weighted by molar-refractivity contribution is 6.11. The first-order chi connectivity index (χ1) is 14.4. The Hall–Kier alpha value is -3.19. The van der Waals surface area contributed by atoms with Gasteiger partial charge in [-0.05, 0) is 64.7 Å². The molecule has 1 aromatic heterocycles. The molecule has 0 unspecified atom stereocenters. The zero-order chi connectivity index (χ0) is 21.7. The first kappa shape index (κ1) is 21.5. The van der Waals surface area contributed by atoms with Gasteiger partial charge in [-0.25, -0.2) is 4.68 Å². The average molecular weight is 409 g/mol. The Kier molecular flexibility index (Phi) is 6.84. The van der Waals surface area contributed by atoms with E-state index in [0.717, 1.165) is 18.7 Å². The van der Waals surface area contributed by atoms with Gasteiger partial charge >= 0.3 is 0 Å². The summed E-state index contributed by atoms with van der Waals surface area (Å²) in [5.74, 6) is 0.393. The largest absolute Gasteiger partial charge is 0.494 e. The number of benzene rings is 2. The number of carbonyl (C=O) groups excluding carboxylic acids is 1. The molecule has 0 saturated heterocycles. The highest BCUT2D eigenvalue weighted by atomic mass is 16.5. The molecule has 0 aliphatic heterocycles. The summed E-state index contributed by atoms with van der Waals surface area (Å²) in [6, 6.07) is 14.1. The van der Waals surface area contributed by atoms with Crippen LogP contribution in [0.4, 0.5) is 5.69 Å². The summed E-state index contributed by atoms with van der Waals surface area (Å²) < 4.78 is 7.07. The van der Waals surface area contributed by atoms with Gasteiger partial charge in [-0.3, -0.25) is 9.59 Å². The topological polar surface area (TPSA) is 76.5 Å². The van der Waals surface area contributed by atoms with Crippen molar-refractivity contribution in [2.24, 2.45) is 0 Å². The number of ether oxygens (including phenoxy) is 1. The third-order valence-corrected chi connectivity index (χ3v) is 4.66. The molecule has 1 N–H and O–H groups in total. The Morgan fingerprint density at radius 2 is 1.77 bits per heavy atom. The smallest absolute Gasteiger partial charge is 0.276 e. The van der Waals surface area contributed by atoms with Crippen molar-refractivity contribution in [1.29, 1.82) is 0 Å². The van der Waals surface area contributed by atoms with Crippen LogP contribution in [0.1, 0.15) is 36.8 Å². The average Bonchev–Trinajstić information content (AvgIpc) is 2.72. The summed E-state index contributed by atoms with van der Waals surface area (Å²) in [5, 5.41) is 8.23. The molecule has 0 aliphatic carbocycles. The second kappa shape index (κ2) is 9.54. The Morgan fingerprint density at radius 3 is 2.40 bits per heavy atom. The van der Waals surface area contributed by atoms with E-state index in [2.05, 4.69) is 15.3 Å². The maximum Gasteiger partial charge on any atom is 0.276 e. The van der Waals surface area contributed by atoms with Crippen molar-refractivity contribution in [2.45, 2.75) is 26.3 Å². The molecule has 3 rings (SSSR count). The molecule has 2 aromatic carbocycles. The molecule has 1 amide bonds. The summed E-state index contributed by atoms with van der Waals surface area (Å²) in [6.07, 6.45) is 0.940. The number of carbonyl (C=O) groups is 1. The predicted molar refractivity (Wildman–Crippen MR) is 119 cm³/mol. The van der Waals surface area contributed by atoms with Crippen LogP contribution in [0.3, 0.4) is 0 Å². The fraction of sp³-hybridized carbons (Fsp3) is 0.348. The molecular weight excluding hydrogens is 380 g/mol. The van der Waals surface area contributed by atoms with Crippen LogP contribution < -0.4 is 15.6 Å². The number of rotatable bonds is 8. The van der Waals surface area contributed by atoms with E-state index in [-0.39, 0.29) is 23.2 Å². The minimum Gasteiger partial charge on any atom is -0.494 e. The molecule has 0 radical (unpaired) electrons. The van der Waals surface area contributed by atoms with Crippen LogP contribution in [0, 0.1) is 0 Å². The monoisotopic (exact) mass is 408 g/mol. The number of hydrogen-bond donors (Lipinski definition) is 1. The van der Waals surface area contributed by atoms with Gasteiger partial charge in [-0.2, -0.15) is 5.10 Å². The van der Waals surface area contributed by atoms with Gasteiger partial charge in [0.2, 0.25) is 0 Å². The van der Waals surface area contributed by atoms with E-state index >= 15 is 0 Å². The first-order valence-electron chi connectivity index (χ1n) is 10.1. The lowest BCUT2D eigenvalue weighted by atomic mass is 10.1. The summed E-state index contributed by atoms with van der Waals surface area (Å²) in [5.41, 5.74) is 0.657. The number of fused-ring (bicyclic) bond motifs is 1. The fourth-order valence-electron chi connectivity index (χ4n) is 3.12. The van der Waals surface area contributed by atoms with Crippen LogP contribution >= 0.6 is 0 Å². The van der Waals surface area contributed by atoms with Crippen molar-refractivity contribution in [1.82, 2.24) is 14.7 Å². The normalized spacial score (nSPS) is 11.3. The number of anilines is 1. The van der Waals surface area contributed by atoms with Gasteiger partial charge in [-0.15, -0.1) is 0 Å². The molecule has 7 nitrogen and oxygen atoms in total. The van der Waals surface area contributed by atoms with Crippen LogP contribution in [0.25, 0.3) is 10.8 Å². The zero-order valence-electron chi connectivity index (χ0n) is 17.9. The number of amides is 1. The number of hydrogen-bond acceptors (Lipinski definition) is 5. The van der Waals surface area contributed by atoms with Crippen molar-refractivity contribution in [3.8, 4) is 5.75 Å². The van der Waals surface area contributed by atoms with Gasteiger partial charge in [0.05, 0.1) is 18.0 Å². The summed E-state index contributed by atoms with van der Waals surface area (Å²) >= 11 is 0. The molecule has 0 fully saturated rings. The van der Waals surface area contributed by atoms with Crippen molar-refractivity contribution in [3.63, 3.8) is 0 Å². The molecule has 0 bridgehead atoms. The van der Waals surface area contributed by atoms with Gasteiger partial charge in [-0.1, -0.05) is 18.2 Å². The lowest BCUT2D eigenvalue weighted by molar-refractivity contribution is 0.102. The number of nitrogens with one attached hydrogen (secondary N) is 1. The van der Waals surface area contributed by atoms with E-state index in [4.69, 9.17) is 4.74 Å². The third-order valence-electron chi connectivity index (χ3n) is 4.66. The molecule has 0 spiro atoms. The number of nitrogens with zero attached hydrogens (tertiary/aromatic N) is 3. The lowest BCUT2D eigenvalue weighted by Gasteiger charge is -2.14. The fourth-order valence-corrected chi connectivity index (χ4v) is 3.12. The Morgan fingerprint density at radius 1 is 1.10 bits per heavy atom. The summed E-state index contributed by atoms with van der Waals surface area (Å²) in [6.45, 7) is 5.33. The van der Waals surface area contributed by atoms with Crippen molar-refractivity contribution >= 4 is 22.4 Å². The lowest BCUT2D eigenvalue weighted by Crippen LogP contribution is -2.28. The molecular formula is C23H28N4O3. The highest BCUT2D eigenvalue weighted by Gasteiger charge is 2.18. The van der Waals surface area contributed by atoms with Crippen molar-refractivity contribution in [2.75, 3.05) is 32.6 Å². The minimum absolute atomic E-state index is 0.155. The Labute approximate surface area is 176 Å². The SMILES string of the molecule is CC(C)n1nc(C(=O)Nc2ccc(OCCCN(C)C)cc2)c2ccccc2c1=O. The Balaban J connectivity index is 1.77. The maximum atomic E-state index is 12.9. The highest BCUT2D eigenvalue weighted by Crippen LogP contribution is 2.19. The quantitative estimate of drug-likeness (QED) is 0.577. The van der Waals surface area contributed by atoms with Crippen LogP contribution in [-0.2, 0) is 0 Å². The molecule has 0 aliphatic rings. The van der Waals surface area contributed by atoms with Crippen LogP contribution in [-0.4, -0.2) is 47.8 Å². The standard InChI is InChI=1S/C23H28N4O3/c1-16(2)27-23(29)20-9-6-5-8-19(20)21(25-27)22(28)24-17-10-12-18(13-11-17)30-15-7-14-26(3)4/h5-6,8-13,16H,7,14-15H2,1-4H3,(H,24,28). The third kappa shape index (κ3) is 5.04. The predicted octanol–water partition coefficient (Wildman–Crippen LogP) is 3.56. The van der Waals surface area contributed by atoms with E-state index in [1.807, 2.05) is 40.1 Å². The maximum absolute atomic E-state index is 12.9. The van der Waals surface area contributed by atoms with Gasteiger partial charge in [0.1, 0.15) is 5.75 Å². The molecule has 7 heteroatoms. The second-order valence-electron chi connectivity index (χ2n) is 7.72. The van der Waals surface area contributed by atoms with Gasteiger partial charge < -0.3 is 15.0 Å². The van der Waals surface area contributed by atoms with Crippen LogP contribution in [0.5, 0.6) is 5.75 Å². The van der Waals surface area contributed by atoms with E-state index in [1.165, 1.54) is 4.68 Å². The van der Waals surface area contributed by atoms with Gasteiger partial charge in [0.15, 0.2) is 5.69 Å². The van der Waals surface area contributed by atoms with E-state index in [9.17, 15) is 9.59 Å². The van der Waals surface area contributed by atoms with Gasteiger partial charge in [0, 0.05) is 17.6 Å². The Bertz CT molecular complexity index is 1070. The molecule has 3 aromatic rings. The molecule has 1 heterocycles. The second-order valence-corrected chi connectivity index (χ2v) is 7.72. The van der Waals surface area contributed by atoms with E-state index in [1.54, 1.807) is 36.4 Å². The zero-order valence-corrected chi connectivity index (χ0v) is 17.9. The molecule has 158 valence electrons. The van der Waals surface area contributed by atoms with Crippen LogP contribution in [0.2, 0.25) is 0 Å². The van der Waals surface area contributed by atoms with Crippen molar-refractivity contribution < 1.29 is 9.53 Å². The molecule has 0 atom stereocenters. The van der Waals surface area contributed by atoms with E-state index in [0.29, 0.717) is 23.1 Å². The number of aromatic nitrogens is 2. The minimum atomic E-state index is -0.361. The summed E-state index contributed by atoms with van der Waals surface area (Å²) in [7, 11) is 4.06. The van der Waals surface area contributed by atoms with E-state index < -0.39 is 0 Å². The van der Waals surface area contributed by atoms with Gasteiger partial charge in [0.25, 0.3) is 11.5 Å².